The molecule has 0 amide bonds. The Morgan fingerprint density at radius 2 is 1.76 bits per heavy atom. The van der Waals surface area contributed by atoms with Crippen LogP contribution in [0.4, 0.5) is 13.2 Å². The predicted molar refractivity (Wildman–Crippen MR) is 56.2 cm³/mol. The molecule has 0 atom stereocenters. The predicted octanol–water partition coefficient (Wildman–Crippen LogP) is 3.46. The van der Waals surface area contributed by atoms with Gasteiger partial charge in [-0.2, -0.15) is 9.37 Å². The zero-order valence-electron chi connectivity index (χ0n) is 9.55. The number of aromatic nitrogens is 1. The molecule has 0 saturated heterocycles. The lowest BCUT2D eigenvalue weighted by Gasteiger charge is -2.26. The molecule has 0 N–H and O–H groups in total. The van der Waals surface area contributed by atoms with Crippen molar-refractivity contribution in [3.05, 3.63) is 23.6 Å². The smallest absolute Gasteiger partial charge is 0.253 e. The highest BCUT2D eigenvalue weighted by Crippen LogP contribution is 2.27. The van der Waals surface area contributed by atoms with Crippen molar-refractivity contribution in [2.75, 3.05) is 0 Å². The van der Waals surface area contributed by atoms with Crippen molar-refractivity contribution in [1.82, 2.24) is 4.98 Å². The van der Waals surface area contributed by atoms with Gasteiger partial charge in [0, 0.05) is 6.07 Å². The maximum Gasteiger partial charge on any atom is 0.253 e. The quantitative estimate of drug-likeness (QED) is 0.744. The number of pyridine rings is 1. The van der Waals surface area contributed by atoms with Gasteiger partial charge in [0.2, 0.25) is 0 Å². The van der Waals surface area contributed by atoms with Crippen LogP contribution in [0.25, 0.3) is 0 Å². The summed E-state index contributed by atoms with van der Waals surface area (Å²) in [6, 6.07) is 0.461. The van der Waals surface area contributed by atoms with Gasteiger partial charge in [-0.25, -0.2) is 8.78 Å². The van der Waals surface area contributed by atoms with Crippen LogP contribution in [-0.4, -0.2) is 11.1 Å². The van der Waals surface area contributed by atoms with Gasteiger partial charge >= 0.3 is 0 Å². The fourth-order valence-electron chi connectivity index (χ4n) is 2.02. The zero-order chi connectivity index (χ0) is 12.4. The second-order valence-corrected chi connectivity index (χ2v) is 4.55. The molecule has 1 aliphatic rings. The van der Waals surface area contributed by atoms with Crippen LogP contribution in [0, 0.1) is 23.5 Å². The van der Waals surface area contributed by atoms with Crippen molar-refractivity contribution in [3.63, 3.8) is 0 Å². The maximum absolute atomic E-state index is 13.3. The molecule has 0 bridgehead atoms. The first-order valence-corrected chi connectivity index (χ1v) is 5.74. The molecule has 5 heteroatoms. The second kappa shape index (κ2) is 4.94. The molecule has 0 radical (unpaired) electrons. The van der Waals surface area contributed by atoms with Crippen molar-refractivity contribution >= 4 is 0 Å². The van der Waals surface area contributed by atoms with Crippen molar-refractivity contribution < 1.29 is 17.9 Å². The molecule has 1 aromatic heterocycles. The molecular weight excluding hydrogens is 231 g/mol. The first kappa shape index (κ1) is 12.2. The van der Waals surface area contributed by atoms with Crippen LogP contribution in [-0.2, 0) is 0 Å². The summed E-state index contributed by atoms with van der Waals surface area (Å²) >= 11 is 0. The van der Waals surface area contributed by atoms with Gasteiger partial charge < -0.3 is 4.74 Å². The monoisotopic (exact) mass is 245 g/mol. The van der Waals surface area contributed by atoms with Gasteiger partial charge in [-0.15, -0.1) is 0 Å². The van der Waals surface area contributed by atoms with E-state index in [2.05, 4.69) is 11.9 Å². The summed E-state index contributed by atoms with van der Waals surface area (Å²) in [5, 5.41) is 0. The fraction of sp³-hybridized carbons (Fsp3) is 0.583. The lowest BCUT2D eigenvalue weighted by atomic mass is 9.89. The summed E-state index contributed by atoms with van der Waals surface area (Å²) in [5.41, 5.74) is 0. The van der Waals surface area contributed by atoms with Gasteiger partial charge in [-0.1, -0.05) is 6.92 Å². The third kappa shape index (κ3) is 2.90. The minimum Gasteiger partial charge on any atom is -0.472 e. The van der Waals surface area contributed by atoms with Crippen LogP contribution in [0.3, 0.4) is 0 Å². The van der Waals surface area contributed by atoms with E-state index in [4.69, 9.17) is 4.74 Å². The summed E-state index contributed by atoms with van der Waals surface area (Å²) in [6.07, 6.45) is 3.42. The lowest BCUT2D eigenvalue weighted by Crippen LogP contribution is -2.24. The molecule has 1 heterocycles. The molecule has 1 aliphatic carbocycles. The highest BCUT2D eigenvalue weighted by Gasteiger charge is 2.22. The second-order valence-electron chi connectivity index (χ2n) is 4.55. The van der Waals surface area contributed by atoms with E-state index in [1.165, 1.54) is 0 Å². The van der Waals surface area contributed by atoms with Crippen LogP contribution >= 0.6 is 0 Å². The van der Waals surface area contributed by atoms with E-state index in [0.717, 1.165) is 25.7 Å². The fourth-order valence-corrected chi connectivity index (χ4v) is 2.02. The van der Waals surface area contributed by atoms with Gasteiger partial charge in [0.05, 0.1) is 0 Å². The standard InChI is InChI=1S/C12H14F3NO/c1-7-2-4-8(5-3-7)17-12-10(14)6-9(13)11(15)16-12/h6-8H,2-5H2,1H3. The number of hydrogen-bond donors (Lipinski definition) is 0. The van der Waals surface area contributed by atoms with Crippen LogP contribution in [0.15, 0.2) is 6.07 Å². The lowest BCUT2D eigenvalue weighted by molar-refractivity contribution is 0.122. The molecule has 1 aromatic rings. The number of nitrogens with zero attached hydrogens (tertiary/aromatic N) is 1. The van der Waals surface area contributed by atoms with E-state index in [1.54, 1.807) is 0 Å². The van der Waals surface area contributed by atoms with Crippen molar-refractivity contribution in [2.24, 2.45) is 5.92 Å². The number of hydrogen-bond acceptors (Lipinski definition) is 2. The average molecular weight is 245 g/mol. The molecule has 0 unspecified atom stereocenters. The first-order chi connectivity index (χ1) is 8.06. The Hall–Kier alpha value is -1.26. The average Bonchev–Trinajstić information content (AvgIpc) is 2.29. The van der Waals surface area contributed by atoms with E-state index in [1.807, 2.05) is 0 Å². The Balaban J connectivity index is 2.06. The zero-order valence-corrected chi connectivity index (χ0v) is 9.55. The molecule has 2 nitrogen and oxygen atoms in total. The number of halogens is 3. The van der Waals surface area contributed by atoms with Gasteiger partial charge in [0.1, 0.15) is 6.10 Å². The minimum atomic E-state index is -1.33. The van der Waals surface area contributed by atoms with E-state index in [-0.39, 0.29) is 6.10 Å². The van der Waals surface area contributed by atoms with Crippen molar-refractivity contribution in [2.45, 2.75) is 38.7 Å². The molecule has 1 fully saturated rings. The summed E-state index contributed by atoms with van der Waals surface area (Å²) in [5.74, 6) is -3.39. The van der Waals surface area contributed by atoms with Gasteiger partial charge in [0.25, 0.3) is 11.8 Å². The molecule has 0 aromatic carbocycles. The molecule has 0 spiro atoms. The molecular formula is C12H14F3NO. The van der Waals surface area contributed by atoms with Crippen LogP contribution < -0.4 is 4.74 Å². The topological polar surface area (TPSA) is 22.1 Å². The largest absolute Gasteiger partial charge is 0.472 e. The van der Waals surface area contributed by atoms with Gasteiger partial charge in [-0.05, 0) is 31.6 Å². The summed E-state index contributed by atoms with van der Waals surface area (Å²) in [4.78, 5) is 3.15. The maximum atomic E-state index is 13.3. The van der Waals surface area contributed by atoms with E-state index in [9.17, 15) is 13.2 Å². The Morgan fingerprint density at radius 1 is 1.12 bits per heavy atom. The number of rotatable bonds is 2. The summed E-state index contributed by atoms with van der Waals surface area (Å²) < 4.78 is 44.0. The van der Waals surface area contributed by atoms with E-state index >= 15 is 0 Å². The van der Waals surface area contributed by atoms with Gasteiger partial charge in [-0.3, -0.25) is 0 Å². The summed E-state index contributed by atoms with van der Waals surface area (Å²) in [6.45, 7) is 2.15. The molecule has 17 heavy (non-hydrogen) atoms. The van der Waals surface area contributed by atoms with Crippen LogP contribution in [0.1, 0.15) is 32.6 Å². The summed E-state index contributed by atoms with van der Waals surface area (Å²) in [7, 11) is 0. The van der Waals surface area contributed by atoms with Crippen molar-refractivity contribution in [3.8, 4) is 5.88 Å². The third-order valence-corrected chi connectivity index (χ3v) is 3.10. The van der Waals surface area contributed by atoms with Crippen LogP contribution in [0.2, 0.25) is 0 Å². The number of ether oxygens (including phenoxy) is 1. The minimum absolute atomic E-state index is 0.155. The Labute approximate surface area is 97.8 Å². The van der Waals surface area contributed by atoms with Crippen molar-refractivity contribution in [1.29, 1.82) is 0 Å². The molecule has 1 saturated carbocycles. The Bertz CT molecular complexity index is 403. The van der Waals surface area contributed by atoms with Crippen LogP contribution in [0.5, 0.6) is 5.88 Å². The normalized spacial score (nSPS) is 24.7. The Morgan fingerprint density at radius 3 is 2.41 bits per heavy atom. The third-order valence-electron chi connectivity index (χ3n) is 3.10. The first-order valence-electron chi connectivity index (χ1n) is 5.74. The molecule has 2 rings (SSSR count). The highest BCUT2D eigenvalue weighted by atomic mass is 19.2. The SMILES string of the molecule is CC1CCC(Oc2nc(F)c(F)cc2F)CC1. The van der Waals surface area contributed by atoms with E-state index in [0.29, 0.717) is 12.0 Å². The molecule has 94 valence electrons. The highest BCUT2D eigenvalue weighted by molar-refractivity contribution is 5.15. The molecule has 0 aliphatic heterocycles. The van der Waals surface area contributed by atoms with Gasteiger partial charge in [0.15, 0.2) is 11.6 Å². The van der Waals surface area contributed by atoms with E-state index < -0.39 is 23.5 Å². The Kier molecular flexibility index (Phi) is 3.54.